The molecule has 0 atom stereocenters. The third-order valence-electron chi connectivity index (χ3n) is 2.84. The predicted octanol–water partition coefficient (Wildman–Crippen LogP) is 3.65. The molecule has 0 spiro atoms. The first-order chi connectivity index (χ1) is 9.39. The minimum absolute atomic E-state index is 0.0694. The fourth-order valence-electron chi connectivity index (χ4n) is 1.72. The van der Waals surface area contributed by atoms with Gasteiger partial charge in [-0.05, 0) is 46.5 Å². The Bertz CT molecular complexity index is 475. The zero-order valence-electron chi connectivity index (χ0n) is 10.9. The third-order valence-corrected chi connectivity index (χ3v) is 3.43. The lowest BCUT2D eigenvalue weighted by molar-refractivity contribution is -0.153. The van der Waals surface area contributed by atoms with Crippen molar-refractivity contribution in [2.45, 2.75) is 31.6 Å². The van der Waals surface area contributed by atoms with Gasteiger partial charge in [-0.25, -0.2) is 0 Å². The van der Waals surface area contributed by atoms with Crippen molar-refractivity contribution in [3.63, 3.8) is 0 Å². The van der Waals surface area contributed by atoms with Crippen LogP contribution in [-0.2, 0) is 6.54 Å². The van der Waals surface area contributed by atoms with Crippen LogP contribution in [0.2, 0.25) is 0 Å². The highest BCUT2D eigenvalue weighted by molar-refractivity contribution is 9.10. The average molecular weight is 354 g/mol. The fourth-order valence-corrected chi connectivity index (χ4v) is 2.32. The molecule has 20 heavy (non-hydrogen) atoms. The van der Waals surface area contributed by atoms with Gasteiger partial charge in [-0.2, -0.15) is 13.2 Å². The molecule has 2 rings (SSSR count). The van der Waals surface area contributed by atoms with Gasteiger partial charge in [0, 0.05) is 12.6 Å². The number of benzene rings is 1. The van der Waals surface area contributed by atoms with Crippen molar-refractivity contribution in [2.75, 3.05) is 13.7 Å². The highest BCUT2D eigenvalue weighted by atomic mass is 79.9. The molecular formula is C13H15BrF3NO2. The van der Waals surface area contributed by atoms with E-state index in [-0.39, 0.29) is 11.5 Å². The number of hydrogen-bond acceptors (Lipinski definition) is 3. The van der Waals surface area contributed by atoms with E-state index in [2.05, 4.69) is 21.2 Å². The molecule has 1 aliphatic carbocycles. The largest absolute Gasteiger partial charge is 0.493 e. The van der Waals surface area contributed by atoms with E-state index in [0.717, 1.165) is 5.56 Å². The van der Waals surface area contributed by atoms with Crippen LogP contribution in [0.1, 0.15) is 18.4 Å². The van der Waals surface area contributed by atoms with Gasteiger partial charge in [0.05, 0.1) is 11.6 Å². The van der Waals surface area contributed by atoms with Gasteiger partial charge in [0.25, 0.3) is 0 Å². The topological polar surface area (TPSA) is 30.5 Å². The van der Waals surface area contributed by atoms with Crippen molar-refractivity contribution < 1.29 is 22.6 Å². The number of nitrogens with one attached hydrogen (secondary N) is 1. The number of halogens is 4. The van der Waals surface area contributed by atoms with Crippen LogP contribution < -0.4 is 14.8 Å². The Morgan fingerprint density at radius 3 is 2.60 bits per heavy atom. The lowest BCUT2D eigenvalue weighted by Gasteiger charge is -2.15. The van der Waals surface area contributed by atoms with Gasteiger partial charge in [-0.15, -0.1) is 0 Å². The number of ether oxygens (including phenoxy) is 2. The molecule has 0 bridgehead atoms. The van der Waals surface area contributed by atoms with E-state index < -0.39 is 12.8 Å². The van der Waals surface area contributed by atoms with Gasteiger partial charge in [-0.3, -0.25) is 0 Å². The number of hydrogen-bond donors (Lipinski definition) is 1. The summed E-state index contributed by atoms with van der Waals surface area (Å²) in [6.45, 7) is -0.694. The molecule has 0 amide bonds. The third kappa shape index (κ3) is 4.56. The summed E-state index contributed by atoms with van der Waals surface area (Å²) in [6.07, 6.45) is -2.03. The Morgan fingerprint density at radius 1 is 1.35 bits per heavy atom. The van der Waals surface area contributed by atoms with E-state index in [1.54, 1.807) is 12.1 Å². The smallest absolute Gasteiger partial charge is 0.422 e. The van der Waals surface area contributed by atoms with Gasteiger partial charge in [0.15, 0.2) is 18.1 Å². The number of alkyl halides is 3. The lowest BCUT2D eigenvalue weighted by atomic mass is 10.2. The Labute approximate surface area is 123 Å². The second-order valence-electron chi connectivity index (χ2n) is 4.67. The normalized spacial score (nSPS) is 15.2. The summed E-state index contributed by atoms with van der Waals surface area (Å²) < 4.78 is 47.0. The molecule has 3 nitrogen and oxygen atoms in total. The summed E-state index contributed by atoms with van der Waals surface area (Å²) in [5.74, 6) is 0.358. The van der Waals surface area contributed by atoms with Crippen molar-refractivity contribution in [3.8, 4) is 11.5 Å². The molecule has 0 unspecified atom stereocenters. The summed E-state index contributed by atoms with van der Waals surface area (Å²) in [4.78, 5) is 0. The van der Waals surface area contributed by atoms with Crippen molar-refractivity contribution in [1.29, 1.82) is 0 Å². The predicted molar refractivity (Wildman–Crippen MR) is 72.1 cm³/mol. The highest BCUT2D eigenvalue weighted by Gasteiger charge is 2.29. The van der Waals surface area contributed by atoms with Crippen LogP contribution in [0.4, 0.5) is 13.2 Å². The van der Waals surface area contributed by atoms with Crippen LogP contribution in [0, 0.1) is 0 Å². The van der Waals surface area contributed by atoms with E-state index in [1.807, 2.05) is 0 Å². The summed E-state index contributed by atoms with van der Waals surface area (Å²) >= 11 is 3.23. The molecular weight excluding hydrogens is 339 g/mol. The fraction of sp³-hybridized carbons (Fsp3) is 0.538. The first kappa shape index (κ1) is 15.4. The molecule has 7 heteroatoms. The quantitative estimate of drug-likeness (QED) is 0.846. The molecule has 112 valence electrons. The summed E-state index contributed by atoms with van der Waals surface area (Å²) in [6, 6.07) is 3.98. The van der Waals surface area contributed by atoms with Crippen LogP contribution in [0.3, 0.4) is 0 Å². The van der Waals surface area contributed by atoms with Crippen LogP contribution in [0.5, 0.6) is 11.5 Å². The van der Waals surface area contributed by atoms with Crippen LogP contribution in [0.15, 0.2) is 16.6 Å². The maximum absolute atomic E-state index is 12.2. The van der Waals surface area contributed by atoms with E-state index in [4.69, 9.17) is 9.47 Å². The molecule has 0 heterocycles. The second-order valence-corrected chi connectivity index (χ2v) is 5.52. The SMILES string of the molecule is COc1cc(CNC2CC2)cc(Br)c1OCC(F)(F)F. The average Bonchev–Trinajstić information content (AvgIpc) is 3.17. The van der Waals surface area contributed by atoms with Crippen molar-refractivity contribution in [3.05, 3.63) is 22.2 Å². The highest BCUT2D eigenvalue weighted by Crippen LogP contribution is 2.37. The van der Waals surface area contributed by atoms with E-state index in [9.17, 15) is 13.2 Å². The van der Waals surface area contributed by atoms with Crippen molar-refractivity contribution >= 4 is 15.9 Å². The van der Waals surface area contributed by atoms with E-state index in [0.29, 0.717) is 17.1 Å². The molecule has 0 saturated heterocycles. The molecule has 1 aromatic carbocycles. The maximum Gasteiger partial charge on any atom is 0.422 e. The molecule has 1 saturated carbocycles. The molecule has 1 N–H and O–H groups in total. The number of rotatable bonds is 6. The summed E-state index contributed by atoms with van der Waals surface area (Å²) in [5.41, 5.74) is 0.931. The Hall–Kier alpha value is -0.950. The molecule has 0 aliphatic heterocycles. The summed E-state index contributed by atoms with van der Waals surface area (Å²) in [5, 5.41) is 3.33. The minimum atomic E-state index is -4.38. The minimum Gasteiger partial charge on any atom is -0.493 e. The van der Waals surface area contributed by atoms with Crippen LogP contribution >= 0.6 is 15.9 Å². The van der Waals surface area contributed by atoms with Crippen molar-refractivity contribution in [2.24, 2.45) is 0 Å². The van der Waals surface area contributed by atoms with Gasteiger partial charge in [0.2, 0.25) is 0 Å². The van der Waals surface area contributed by atoms with Gasteiger partial charge < -0.3 is 14.8 Å². The molecule has 0 aromatic heterocycles. The zero-order chi connectivity index (χ0) is 14.8. The Kier molecular flexibility index (Phi) is 4.80. The van der Waals surface area contributed by atoms with Gasteiger partial charge in [0.1, 0.15) is 0 Å². The first-order valence-corrected chi connectivity index (χ1v) is 6.97. The number of methoxy groups -OCH3 is 1. The van der Waals surface area contributed by atoms with Crippen LogP contribution in [0.25, 0.3) is 0 Å². The molecule has 1 aliphatic rings. The molecule has 0 radical (unpaired) electrons. The maximum atomic E-state index is 12.2. The Morgan fingerprint density at radius 2 is 2.05 bits per heavy atom. The van der Waals surface area contributed by atoms with Crippen LogP contribution in [-0.4, -0.2) is 25.9 Å². The molecule has 1 aromatic rings. The standard InChI is InChI=1S/C13H15BrF3NO2/c1-19-11-5-8(6-18-9-2-3-9)4-10(14)12(11)20-7-13(15,16)17/h4-5,9,18H,2-3,6-7H2,1H3. The zero-order valence-corrected chi connectivity index (χ0v) is 12.5. The van der Waals surface area contributed by atoms with Gasteiger partial charge in [-0.1, -0.05) is 0 Å². The lowest BCUT2D eigenvalue weighted by Crippen LogP contribution is -2.20. The monoisotopic (exact) mass is 353 g/mol. The van der Waals surface area contributed by atoms with Crippen molar-refractivity contribution in [1.82, 2.24) is 5.32 Å². The van der Waals surface area contributed by atoms with E-state index in [1.165, 1.54) is 20.0 Å². The summed E-state index contributed by atoms with van der Waals surface area (Å²) in [7, 11) is 1.40. The molecule has 1 fully saturated rings. The van der Waals surface area contributed by atoms with E-state index >= 15 is 0 Å². The Balaban J connectivity index is 2.09. The second kappa shape index (κ2) is 6.22. The first-order valence-electron chi connectivity index (χ1n) is 6.18. The van der Waals surface area contributed by atoms with Gasteiger partial charge >= 0.3 is 6.18 Å².